The van der Waals surface area contributed by atoms with Crippen LogP contribution in [0, 0.1) is 53.1 Å². The first-order valence-electron chi connectivity index (χ1n) is 5.66. The van der Waals surface area contributed by atoms with E-state index in [1.54, 1.807) is 0 Å². The number of rotatable bonds is 2. The molecule has 0 spiro atoms. The molecule has 0 radical (unpaired) electrons. The molecule has 0 aliphatic rings. The lowest BCUT2D eigenvalue weighted by Gasteiger charge is -2.09. The van der Waals surface area contributed by atoms with Gasteiger partial charge in [-0.2, -0.15) is 24.0 Å². The molecule has 0 N–H and O–H groups in total. The van der Waals surface area contributed by atoms with E-state index < -0.39 is 64.2 Å². The lowest BCUT2D eigenvalue weighted by molar-refractivity contribution is 0.461. The normalized spacial score (nSPS) is 10.3. The molecule has 10 heteroatoms. The Morgan fingerprint density at radius 1 is 0.913 bits per heavy atom. The van der Waals surface area contributed by atoms with E-state index in [0.29, 0.717) is 0 Å². The van der Waals surface area contributed by atoms with Crippen molar-refractivity contribution in [3.63, 3.8) is 0 Å². The summed E-state index contributed by atoms with van der Waals surface area (Å²) in [7, 11) is 0. The fraction of sp³-hybridized carbons (Fsp3) is 0.0769. The molecule has 2 aromatic rings. The Kier molecular flexibility index (Phi) is 4.18. The van der Waals surface area contributed by atoms with Crippen molar-refractivity contribution >= 4 is 5.69 Å². The van der Waals surface area contributed by atoms with Gasteiger partial charge >= 0.3 is 0 Å². The van der Waals surface area contributed by atoms with Gasteiger partial charge in [0.1, 0.15) is 0 Å². The lowest BCUT2D eigenvalue weighted by atomic mass is 10.1. The van der Waals surface area contributed by atoms with E-state index in [-0.39, 0.29) is 0 Å². The summed E-state index contributed by atoms with van der Waals surface area (Å²) in [6.45, 7) is 6.47. The molecule has 0 bridgehead atoms. The maximum atomic E-state index is 13.8. The second-order valence-electron chi connectivity index (χ2n) is 4.03. The summed E-state index contributed by atoms with van der Waals surface area (Å²) in [6, 6.07) is 1.42. The smallest absolute Gasteiger partial charge is 0.232 e. The second kappa shape index (κ2) is 5.93. The molecule has 116 valence electrons. The molecule has 0 aliphatic carbocycles. The summed E-state index contributed by atoms with van der Waals surface area (Å²) in [5.74, 6) is -12.7. The summed E-state index contributed by atoms with van der Waals surface area (Å²) >= 11 is 0. The molecule has 1 aromatic carbocycles. The van der Waals surface area contributed by atoms with Crippen molar-refractivity contribution < 1.29 is 26.3 Å². The van der Waals surface area contributed by atoms with E-state index >= 15 is 0 Å². The zero-order valence-electron chi connectivity index (χ0n) is 10.8. The molecule has 0 aliphatic heterocycles. The van der Waals surface area contributed by atoms with Crippen molar-refractivity contribution in [2.75, 3.05) is 0 Å². The Morgan fingerprint density at radius 2 is 1.39 bits per heavy atom. The van der Waals surface area contributed by atoms with Crippen LogP contribution in [0.2, 0.25) is 0 Å². The maximum absolute atomic E-state index is 13.8. The van der Waals surface area contributed by atoms with E-state index in [1.807, 2.05) is 0 Å². The minimum atomic E-state index is -2.07. The van der Waals surface area contributed by atoms with Crippen molar-refractivity contribution in [1.29, 1.82) is 5.26 Å². The monoisotopic (exact) mass is 328 g/mol. The highest BCUT2D eigenvalue weighted by molar-refractivity contribution is 5.63. The molecule has 0 saturated heterocycles. The molecule has 0 saturated carbocycles. The van der Waals surface area contributed by atoms with Crippen LogP contribution in [-0.2, 0) is 6.42 Å². The van der Waals surface area contributed by atoms with Crippen LogP contribution in [0.5, 0.6) is 0 Å². The molecule has 0 atom stereocenters. The number of hydrogen-bond acceptors (Lipinski definition) is 3. The fourth-order valence-electron chi connectivity index (χ4n) is 1.68. The standard InChI is InChI=1S/C13H2F6N4/c1-21-10-8(16)6(14)5(7(15)9(10)17)13-22-11(18)4(2-3-20)12(19)23-13/h2H2. The van der Waals surface area contributed by atoms with Crippen LogP contribution >= 0.6 is 0 Å². The summed E-state index contributed by atoms with van der Waals surface area (Å²) < 4.78 is 81.7. The van der Waals surface area contributed by atoms with E-state index in [0.717, 1.165) is 0 Å². The Hall–Kier alpha value is -3.14. The first kappa shape index (κ1) is 16.2. The van der Waals surface area contributed by atoms with Gasteiger partial charge < -0.3 is 0 Å². The molecular weight excluding hydrogens is 326 g/mol. The quantitative estimate of drug-likeness (QED) is 0.366. The number of halogens is 6. The first-order chi connectivity index (χ1) is 10.8. The number of hydrogen-bond donors (Lipinski definition) is 0. The van der Waals surface area contributed by atoms with Crippen molar-refractivity contribution in [3.8, 4) is 17.5 Å². The third kappa shape index (κ3) is 2.55. The summed E-state index contributed by atoms with van der Waals surface area (Å²) in [6.07, 6.45) is -0.762. The van der Waals surface area contributed by atoms with Gasteiger partial charge in [0, 0.05) is 0 Å². The van der Waals surface area contributed by atoms with Gasteiger partial charge in [0.2, 0.25) is 11.9 Å². The van der Waals surface area contributed by atoms with Crippen LogP contribution in [0.15, 0.2) is 0 Å². The third-order valence-electron chi connectivity index (χ3n) is 2.74. The number of benzene rings is 1. The Bertz CT molecular complexity index is 845. The van der Waals surface area contributed by atoms with Crippen LogP contribution in [0.3, 0.4) is 0 Å². The highest BCUT2D eigenvalue weighted by Gasteiger charge is 2.29. The predicted molar refractivity (Wildman–Crippen MR) is 62.8 cm³/mol. The van der Waals surface area contributed by atoms with Crippen LogP contribution in [0.4, 0.5) is 32.0 Å². The molecule has 1 aromatic heterocycles. The Labute approximate surface area is 124 Å². The van der Waals surface area contributed by atoms with Crippen molar-refractivity contribution in [2.45, 2.75) is 6.42 Å². The third-order valence-corrected chi connectivity index (χ3v) is 2.74. The van der Waals surface area contributed by atoms with Crippen LogP contribution in [0.25, 0.3) is 16.2 Å². The van der Waals surface area contributed by atoms with E-state index in [2.05, 4.69) is 14.8 Å². The molecule has 0 amide bonds. The van der Waals surface area contributed by atoms with Gasteiger partial charge in [0.25, 0.3) is 5.69 Å². The largest absolute Gasteiger partial charge is 0.262 e. The van der Waals surface area contributed by atoms with Crippen molar-refractivity contribution in [1.82, 2.24) is 9.97 Å². The fourth-order valence-corrected chi connectivity index (χ4v) is 1.68. The second-order valence-corrected chi connectivity index (χ2v) is 4.03. The molecule has 23 heavy (non-hydrogen) atoms. The first-order valence-corrected chi connectivity index (χ1v) is 5.66. The van der Waals surface area contributed by atoms with Crippen molar-refractivity contribution in [3.05, 3.63) is 52.1 Å². The van der Waals surface area contributed by atoms with Crippen LogP contribution < -0.4 is 0 Å². The number of aromatic nitrogens is 2. The van der Waals surface area contributed by atoms with Gasteiger partial charge in [-0.3, -0.25) is 0 Å². The molecule has 0 unspecified atom stereocenters. The summed E-state index contributed by atoms with van der Waals surface area (Å²) in [5, 5.41) is 8.39. The van der Waals surface area contributed by atoms with Gasteiger partial charge in [-0.1, -0.05) is 0 Å². The summed E-state index contributed by atoms with van der Waals surface area (Å²) in [4.78, 5) is 8.14. The Morgan fingerprint density at radius 3 is 1.78 bits per heavy atom. The van der Waals surface area contributed by atoms with E-state index in [4.69, 9.17) is 11.8 Å². The minimum Gasteiger partial charge on any atom is -0.232 e. The highest BCUT2D eigenvalue weighted by atomic mass is 19.2. The number of nitriles is 1. The summed E-state index contributed by atoms with van der Waals surface area (Å²) in [5.41, 5.74) is -3.98. The van der Waals surface area contributed by atoms with Gasteiger partial charge in [-0.05, 0) is 0 Å². The molecular formula is C13H2F6N4. The SMILES string of the molecule is [C-]#[N+]c1c(F)c(F)c(-c2nc(F)c(CC#N)c(F)n2)c(F)c1F. The topological polar surface area (TPSA) is 53.9 Å². The Balaban J connectivity index is 2.79. The molecule has 2 rings (SSSR count). The molecule has 4 nitrogen and oxygen atoms in total. The average Bonchev–Trinajstić information content (AvgIpc) is 2.50. The van der Waals surface area contributed by atoms with Crippen LogP contribution in [-0.4, -0.2) is 9.97 Å². The molecule has 1 heterocycles. The van der Waals surface area contributed by atoms with Gasteiger partial charge in [0.05, 0.1) is 30.2 Å². The highest BCUT2D eigenvalue weighted by Crippen LogP contribution is 2.34. The van der Waals surface area contributed by atoms with E-state index in [1.165, 1.54) is 6.07 Å². The lowest BCUT2D eigenvalue weighted by Crippen LogP contribution is -2.08. The van der Waals surface area contributed by atoms with Gasteiger partial charge in [-0.25, -0.2) is 22.4 Å². The molecule has 0 fully saturated rings. The number of nitrogens with zero attached hydrogens (tertiary/aromatic N) is 4. The maximum Gasteiger partial charge on any atom is 0.262 e. The van der Waals surface area contributed by atoms with Crippen LogP contribution in [0.1, 0.15) is 5.56 Å². The van der Waals surface area contributed by atoms with Gasteiger partial charge in [0.15, 0.2) is 29.1 Å². The van der Waals surface area contributed by atoms with E-state index in [9.17, 15) is 26.3 Å². The van der Waals surface area contributed by atoms with Gasteiger partial charge in [-0.15, -0.1) is 0 Å². The average molecular weight is 328 g/mol. The minimum absolute atomic E-state index is 0.762. The van der Waals surface area contributed by atoms with Crippen molar-refractivity contribution in [2.24, 2.45) is 0 Å². The predicted octanol–water partition coefficient (Wildman–Crippen LogP) is 3.60. The zero-order chi connectivity index (χ0) is 17.3. The zero-order valence-corrected chi connectivity index (χ0v) is 10.8.